The Hall–Kier alpha value is -2.51. The molecule has 1 saturated carbocycles. The standard InChI is InChI=1S/C25H27FN2O2S2/c1-17-13-15-32-24(17)23(25(30)27-18-8-3-2-4-9-18)28(21-12-6-5-11-20(21)26)22(29)16-19-10-7-14-31-19/h5-7,10-15,18,23H,2-4,8-9,16H2,1H3,(H,27,30)/t23-/m0/s1. The lowest BCUT2D eigenvalue weighted by atomic mass is 9.95. The predicted octanol–water partition coefficient (Wildman–Crippen LogP) is 6.02. The number of aryl methyl sites for hydroxylation is 1. The van der Waals surface area contributed by atoms with Crippen molar-refractivity contribution in [1.82, 2.24) is 5.32 Å². The molecule has 7 heteroatoms. The lowest BCUT2D eigenvalue weighted by Crippen LogP contribution is -2.48. The van der Waals surface area contributed by atoms with Crippen LogP contribution in [0, 0.1) is 12.7 Å². The fourth-order valence-corrected chi connectivity index (χ4v) is 5.97. The average Bonchev–Trinajstić information content (AvgIpc) is 3.45. The molecule has 0 radical (unpaired) electrons. The van der Waals surface area contributed by atoms with E-state index in [-0.39, 0.29) is 30.0 Å². The maximum absolute atomic E-state index is 15.0. The largest absolute Gasteiger partial charge is 0.351 e. The van der Waals surface area contributed by atoms with E-state index < -0.39 is 11.9 Å². The number of benzene rings is 1. The van der Waals surface area contributed by atoms with Crippen LogP contribution in [0.2, 0.25) is 0 Å². The summed E-state index contributed by atoms with van der Waals surface area (Å²) in [6.07, 6.45) is 5.34. The predicted molar refractivity (Wildman–Crippen MR) is 129 cm³/mol. The fourth-order valence-electron chi connectivity index (χ4n) is 4.26. The van der Waals surface area contributed by atoms with Gasteiger partial charge < -0.3 is 5.32 Å². The van der Waals surface area contributed by atoms with E-state index in [1.54, 1.807) is 18.2 Å². The number of rotatable bonds is 7. The number of hydrogen-bond acceptors (Lipinski definition) is 4. The van der Waals surface area contributed by atoms with Crippen molar-refractivity contribution in [3.63, 3.8) is 0 Å². The van der Waals surface area contributed by atoms with Gasteiger partial charge in [-0.1, -0.05) is 37.5 Å². The van der Waals surface area contributed by atoms with Crippen LogP contribution in [0.4, 0.5) is 10.1 Å². The van der Waals surface area contributed by atoms with Gasteiger partial charge in [-0.05, 0) is 60.4 Å². The van der Waals surface area contributed by atoms with Crippen LogP contribution in [-0.4, -0.2) is 17.9 Å². The Balaban J connectivity index is 1.75. The van der Waals surface area contributed by atoms with Gasteiger partial charge in [-0.25, -0.2) is 4.39 Å². The van der Waals surface area contributed by atoms with Crippen molar-refractivity contribution in [3.8, 4) is 0 Å². The van der Waals surface area contributed by atoms with Crippen LogP contribution >= 0.6 is 22.7 Å². The monoisotopic (exact) mass is 470 g/mol. The molecule has 2 amide bonds. The Morgan fingerprint density at radius 3 is 2.50 bits per heavy atom. The molecule has 1 atom stereocenters. The smallest absolute Gasteiger partial charge is 0.248 e. The molecule has 1 aliphatic rings. The molecule has 1 fully saturated rings. The van der Waals surface area contributed by atoms with E-state index in [0.717, 1.165) is 41.0 Å². The van der Waals surface area contributed by atoms with E-state index in [0.29, 0.717) is 0 Å². The van der Waals surface area contributed by atoms with Crippen molar-refractivity contribution in [2.45, 2.75) is 57.5 Å². The summed E-state index contributed by atoms with van der Waals surface area (Å²) in [6, 6.07) is 11.1. The second-order valence-corrected chi connectivity index (χ2v) is 10.2. The zero-order chi connectivity index (χ0) is 22.5. The normalized spacial score (nSPS) is 15.3. The summed E-state index contributed by atoms with van der Waals surface area (Å²) < 4.78 is 15.0. The Kier molecular flexibility index (Phi) is 7.37. The van der Waals surface area contributed by atoms with Crippen LogP contribution < -0.4 is 10.2 Å². The third kappa shape index (κ3) is 5.10. The van der Waals surface area contributed by atoms with Crippen molar-refractivity contribution < 1.29 is 14.0 Å². The Morgan fingerprint density at radius 1 is 1.06 bits per heavy atom. The van der Waals surface area contributed by atoms with Crippen molar-refractivity contribution >= 4 is 40.2 Å². The number of amides is 2. The number of halogens is 1. The summed E-state index contributed by atoms with van der Waals surface area (Å²) in [5.74, 6) is -1.06. The molecule has 4 rings (SSSR count). The maximum Gasteiger partial charge on any atom is 0.248 e. The second-order valence-electron chi connectivity index (χ2n) is 8.19. The maximum atomic E-state index is 15.0. The molecular formula is C25H27FN2O2S2. The van der Waals surface area contributed by atoms with Crippen LogP contribution in [0.1, 0.15) is 53.5 Å². The number of carbonyl (C=O) groups excluding carboxylic acids is 2. The number of nitrogens with one attached hydrogen (secondary N) is 1. The Morgan fingerprint density at radius 2 is 1.84 bits per heavy atom. The number of para-hydroxylation sites is 1. The van der Waals surface area contributed by atoms with Crippen LogP contribution in [0.5, 0.6) is 0 Å². The summed E-state index contributed by atoms with van der Waals surface area (Å²) in [4.78, 5) is 30.3. The summed E-state index contributed by atoms with van der Waals surface area (Å²) in [5, 5.41) is 6.99. The number of nitrogens with zero attached hydrogens (tertiary/aromatic N) is 1. The quantitative estimate of drug-likeness (QED) is 0.459. The molecule has 0 unspecified atom stereocenters. The zero-order valence-electron chi connectivity index (χ0n) is 18.1. The zero-order valence-corrected chi connectivity index (χ0v) is 19.7. The number of anilines is 1. The minimum Gasteiger partial charge on any atom is -0.351 e. The molecule has 0 aliphatic heterocycles. The molecule has 0 spiro atoms. The first-order valence-electron chi connectivity index (χ1n) is 11.0. The molecule has 1 aromatic carbocycles. The summed E-state index contributed by atoms with van der Waals surface area (Å²) in [6.45, 7) is 1.93. The Bertz CT molecular complexity index is 1060. The van der Waals surface area contributed by atoms with Gasteiger partial charge in [0.25, 0.3) is 0 Å². The van der Waals surface area contributed by atoms with Crippen molar-refractivity contribution in [1.29, 1.82) is 0 Å². The van der Waals surface area contributed by atoms with Crippen LogP contribution in [-0.2, 0) is 16.0 Å². The molecule has 4 nitrogen and oxygen atoms in total. The van der Waals surface area contributed by atoms with E-state index >= 15 is 0 Å². The number of thiophene rings is 2. The topological polar surface area (TPSA) is 49.4 Å². The van der Waals surface area contributed by atoms with E-state index in [1.807, 2.05) is 35.9 Å². The third-order valence-corrected chi connectivity index (χ3v) is 7.84. The number of hydrogen-bond donors (Lipinski definition) is 1. The first-order chi connectivity index (χ1) is 15.5. The van der Waals surface area contributed by atoms with Crippen LogP contribution in [0.25, 0.3) is 0 Å². The summed E-state index contributed by atoms with van der Waals surface area (Å²) >= 11 is 2.91. The highest BCUT2D eigenvalue weighted by molar-refractivity contribution is 7.10. The molecule has 0 bridgehead atoms. The van der Waals surface area contributed by atoms with Crippen molar-refractivity contribution in [3.05, 3.63) is 74.4 Å². The van der Waals surface area contributed by atoms with Gasteiger partial charge in [0.2, 0.25) is 11.8 Å². The molecular weight excluding hydrogens is 443 g/mol. The molecule has 0 saturated heterocycles. The van der Waals surface area contributed by atoms with Crippen molar-refractivity contribution in [2.75, 3.05) is 4.90 Å². The van der Waals surface area contributed by atoms with Gasteiger partial charge in [-0.3, -0.25) is 14.5 Å². The molecule has 2 aromatic heterocycles. The van der Waals surface area contributed by atoms with Gasteiger partial charge in [0.05, 0.1) is 12.1 Å². The summed E-state index contributed by atoms with van der Waals surface area (Å²) in [5.41, 5.74) is 1.05. The highest BCUT2D eigenvalue weighted by atomic mass is 32.1. The molecule has 1 N–H and O–H groups in total. The first-order valence-corrected chi connectivity index (χ1v) is 12.7. The average molecular weight is 471 g/mol. The van der Waals surface area contributed by atoms with Crippen LogP contribution in [0.15, 0.2) is 53.2 Å². The van der Waals surface area contributed by atoms with E-state index in [4.69, 9.17) is 0 Å². The molecule has 3 aromatic rings. The fraction of sp³-hybridized carbons (Fsp3) is 0.360. The SMILES string of the molecule is Cc1ccsc1[C@@H](C(=O)NC1CCCCC1)N(C(=O)Cc1cccs1)c1ccccc1F. The van der Waals surface area contributed by atoms with Crippen molar-refractivity contribution in [2.24, 2.45) is 0 Å². The van der Waals surface area contributed by atoms with E-state index in [9.17, 15) is 14.0 Å². The highest BCUT2D eigenvalue weighted by Gasteiger charge is 2.36. The minimum absolute atomic E-state index is 0.0916. The third-order valence-electron chi connectivity index (χ3n) is 5.89. The summed E-state index contributed by atoms with van der Waals surface area (Å²) in [7, 11) is 0. The van der Waals surface area contributed by atoms with Gasteiger partial charge in [0.1, 0.15) is 5.82 Å². The second kappa shape index (κ2) is 10.4. The minimum atomic E-state index is -0.915. The van der Waals surface area contributed by atoms with Gasteiger partial charge in [-0.15, -0.1) is 22.7 Å². The number of carbonyl (C=O) groups is 2. The molecule has 168 valence electrons. The van der Waals surface area contributed by atoms with Gasteiger partial charge in [0.15, 0.2) is 6.04 Å². The Labute approximate surface area is 196 Å². The van der Waals surface area contributed by atoms with E-state index in [1.165, 1.54) is 40.1 Å². The van der Waals surface area contributed by atoms with Gasteiger partial charge in [-0.2, -0.15) is 0 Å². The first kappa shape index (κ1) is 22.7. The van der Waals surface area contributed by atoms with Gasteiger partial charge in [0, 0.05) is 15.8 Å². The lowest BCUT2D eigenvalue weighted by Gasteiger charge is -2.33. The van der Waals surface area contributed by atoms with E-state index in [2.05, 4.69) is 5.32 Å². The van der Waals surface area contributed by atoms with Gasteiger partial charge >= 0.3 is 0 Å². The molecule has 1 aliphatic carbocycles. The molecule has 32 heavy (non-hydrogen) atoms. The lowest BCUT2D eigenvalue weighted by molar-refractivity contribution is -0.127. The van der Waals surface area contributed by atoms with Crippen LogP contribution in [0.3, 0.4) is 0 Å². The highest BCUT2D eigenvalue weighted by Crippen LogP contribution is 2.35. The molecule has 2 heterocycles.